The van der Waals surface area contributed by atoms with Crippen molar-refractivity contribution in [2.45, 2.75) is 33.6 Å². The van der Waals surface area contributed by atoms with Gasteiger partial charge < -0.3 is 5.32 Å². The number of anilines is 1. The quantitative estimate of drug-likeness (QED) is 0.877. The van der Waals surface area contributed by atoms with Gasteiger partial charge in [0.15, 0.2) is 5.78 Å². The smallest absolute Gasteiger partial charge is 0.175 e. The summed E-state index contributed by atoms with van der Waals surface area (Å²) in [7, 11) is 0. The number of carbonyl (C=O) groups excluding carboxylic acids is 1. The van der Waals surface area contributed by atoms with Gasteiger partial charge in [0.05, 0.1) is 0 Å². The van der Waals surface area contributed by atoms with Crippen LogP contribution in [0, 0.1) is 23.7 Å². The second-order valence-electron chi connectivity index (χ2n) is 5.85. The number of nitrogens with zero attached hydrogens (tertiary/aromatic N) is 1. The number of aryl methyl sites for hydroxylation is 1. The van der Waals surface area contributed by atoms with Crippen LogP contribution in [-0.2, 0) is 4.79 Å². The van der Waals surface area contributed by atoms with Crippen molar-refractivity contribution in [3.63, 3.8) is 0 Å². The van der Waals surface area contributed by atoms with Gasteiger partial charge in [-0.25, -0.2) is 0 Å². The summed E-state index contributed by atoms with van der Waals surface area (Å²) >= 11 is 0. The Morgan fingerprint density at radius 2 is 1.95 bits per heavy atom. The lowest BCUT2D eigenvalue weighted by molar-refractivity contribution is -0.117. The molecule has 0 radical (unpaired) electrons. The lowest BCUT2D eigenvalue weighted by Crippen LogP contribution is -2.28. The Labute approximate surface area is 113 Å². The van der Waals surface area contributed by atoms with Crippen LogP contribution in [0.3, 0.4) is 0 Å². The fourth-order valence-electron chi connectivity index (χ4n) is 2.43. The van der Waals surface area contributed by atoms with Gasteiger partial charge in [0, 0.05) is 17.8 Å². The molecule has 3 nitrogen and oxygen atoms in total. The van der Waals surface area contributed by atoms with E-state index in [4.69, 9.17) is 0 Å². The molecule has 0 aromatic heterocycles. The molecule has 1 aromatic carbocycles. The summed E-state index contributed by atoms with van der Waals surface area (Å²) in [6.45, 7) is 6.11. The first-order valence-electron chi connectivity index (χ1n) is 6.42. The van der Waals surface area contributed by atoms with Gasteiger partial charge >= 0.3 is 0 Å². The SMILES string of the molecule is Cc1ccccc1NC1=C(C#N)C(=O)CC(C)(C)C1. The molecule has 0 amide bonds. The zero-order chi connectivity index (χ0) is 14.0. The molecule has 0 saturated heterocycles. The number of carbonyl (C=O) groups is 1. The average Bonchev–Trinajstić information content (AvgIpc) is 2.30. The Morgan fingerprint density at radius 1 is 1.26 bits per heavy atom. The number of Topliss-reactive ketones (excluding diaryl/α,β-unsaturated/α-hetero) is 1. The number of nitriles is 1. The minimum Gasteiger partial charge on any atom is -0.357 e. The summed E-state index contributed by atoms with van der Waals surface area (Å²) in [6, 6.07) is 9.93. The van der Waals surface area contributed by atoms with E-state index < -0.39 is 0 Å². The molecule has 0 spiro atoms. The highest BCUT2D eigenvalue weighted by atomic mass is 16.1. The van der Waals surface area contributed by atoms with E-state index in [1.807, 2.05) is 37.3 Å². The van der Waals surface area contributed by atoms with Gasteiger partial charge in [-0.15, -0.1) is 0 Å². The van der Waals surface area contributed by atoms with E-state index >= 15 is 0 Å². The zero-order valence-electron chi connectivity index (χ0n) is 11.6. The molecule has 0 bridgehead atoms. The molecule has 0 atom stereocenters. The van der Waals surface area contributed by atoms with E-state index in [0.717, 1.165) is 23.4 Å². The van der Waals surface area contributed by atoms with Crippen LogP contribution in [0.4, 0.5) is 5.69 Å². The first kappa shape index (κ1) is 13.4. The molecule has 2 rings (SSSR count). The van der Waals surface area contributed by atoms with Crippen LogP contribution in [-0.4, -0.2) is 5.78 Å². The van der Waals surface area contributed by atoms with Crippen LogP contribution in [0.5, 0.6) is 0 Å². The Balaban J connectivity index is 2.39. The molecule has 1 aliphatic carbocycles. The second-order valence-corrected chi connectivity index (χ2v) is 5.85. The highest BCUT2D eigenvalue weighted by Crippen LogP contribution is 2.37. The Hall–Kier alpha value is -2.08. The van der Waals surface area contributed by atoms with Gasteiger partial charge in [-0.05, 0) is 30.4 Å². The lowest BCUT2D eigenvalue weighted by atomic mass is 9.76. The van der Waals surface area contributed by atoms with Crippen molar-refractivity contribution >= 4 is 11.5 Å². The van der Waals surface area contributed by atoms with E-state index in [-0.39, 0.29) is 16.8 Å². The average molecular weight is 254 g/mol. The monoisotopic (exact) mass is 254 g/mol. The van der Waals surface area contributed by atoms with Crippen LogP contribution in [0.1, 0.15) is 32.3 Å². The predicted molar refractivity (Wildman–Crippen MR) is 75.5 cm³/mol. The molecular formula is C16H18N2O. The van der Waals surface area contributed by atoms with Crippen LogP contribution < -0.4 is 5.32 Å². The maximum atomic E-state index is 12.0. The van der Waals surface area contributed by atoms with Crippen molar-refractivity contribution in [3.8, 4) is 6.07 Å². The largest absolute Gasteiger partial charge is 0.357 e. The third-order valence-electron chi connectivity index (χ3n) is 3.42. The molecule has 0 heterocycles. The van der Waals surface area contributed by atoms with Crippen molar-refractivity contribution in [2.24, 2.45) is 5.41 Å². The molecule has 0 fully saturated rings. The molecule has 1 aliphatic rings. The molecule has 1 aromatic rings. The number of ketones is 1. The lowest BCUT2D eigenvalue weighted by Gasteiger charge is -2.31. The van der Waals surface area contributed by atoms with E-state index in [1.54, 1.807) is 0 Å². The normalized spacial score (nSPS) is 18.1. The predicted octanol–water partition coefficient (Wildman–Crippen LogP) is 3.57. The summed E-state index contributed by atoms with van der Waals surface area (Å²) in [4.78, 5) is 12.0. The first-order chi connectivity index (χ1) is 8.93. The molecular weight excluding hydrogens is 236 g/mol. The minimum atomic E-state index is -0.0948. The molecule has 98 valence electrons. The number of nitrogens with one attached hydrogen (secondary N) is 1. The Kier molecular flexibility index (Phi) is 3.44. The molecule has 0 unspecified atom stereocenters. The fourth-order valence-corrected chi connectivity index (χ4v) is 2.43. The van der Waals surface area contributed by atoms with Gasteiger partial charge in [0.1, 0.15) is 11.6 Å². The van der Waals surface area contributed by atoms with Crippen LogP contribution in [0.15, 0.2) is 35.5 Å². The van der Waals surface area contributed by atoms with Gasteiger partial charge in [-0.2, -0.15) is 5.26 Å². The van der Waals surface area contributed by atoms with Gasteiger partial charge in [0.25, 0.3) is 0 Å². The summed E-state index contributed by atoms with van der Waals surface area (Å²) in [5.74, 6) is -0.0603. The highest BCUT2D eigenvalue weighted by molar-refractivity contribution is 6.01. The minimum absolute atomic E-state index is 0.0603. The molecule has 1 N–H and O–H groups in total. The Morgan fingerprint density at radius 3 is 2.58 bits per heavy atom. The molecule has 0 aliphatic heterocycles. The fraction of sp³-hybridized carbons (Fsp3) is 0.375. The van der Waals surface area contributed by atoms with Crippen LogP contribution >= 0.6 is 0 Å². The third kappa shape index (κ3) is 2.85. The maximum Gasteiger partial charge on any atom is 0.175 e. The van der Waals surface area contributed by atoms with E-state index in [9.17, 15) is 10.1 Å². The number of para-hydroxylation sites is 1. The van der Waals surface area contributed by atoms with E-state index in [1.165, 1.54) is 0 Å². The summed E-state index contributed by atoms with van der Waals surface area (Å²) in [5, 5.41) is 12.5. The standard InChI is InChI=1S/C16H18N2O/c1-11-6-4-5-7-13(11)18-14-8-16(2,3)9-15(19)12(14)10-17/h4-7,18H,8-9H2,1-3H3. The van der Waals surface area contributed by atoms with E-state index in [0.29, 0.717) is 6.42 Å². The van der Waals surface area contributed by atoms with Crippen molar-refractivity contribution in [3.05, 3.63) is 41.1 Å². The zero-order valence-corrected chi connectivity index (χ0v) is 11.6. The Bertz CT molecular complexity index is 591. The van der Waals surface area contributed by atoms with Crippen molar-refractivity contribution in [1.29, 1.82) is 5.26 Å². The molecule has 19 heavy (non-hydrogen) atoms. The van der Waals surface area contributed by atoms with Crippen molar-refractivity contribution < 1.29 is 4.79 Å². The summed E-state index contributed by atoms with van der Waals surface area (Å²) < 4.78 is 0. The van der Waals surface area contributed by atoms with Gasteiger partial charge in [0.2, 0.25) is 0 Å². The summed E-state index contributed by atoms with van der Waals surface area (Å²) in [5.41, 5.74) is 2.99. The third-order valence-corrected chi connectivity index (χ3v) is 3.42. The maximum absolute atomic E-state index is 12.0. The highest BCUT2D eigenvalue weighted by Gasteiger charge is 2.33. The number of hydrogen-bond donors (Lipinski definition) is 1. The number of hydrogen-bond acceptors (Lipinski definition) is 3. The van der Waals surface area contributed by atoms with E-state index in [2.05, 4.69) is 19.2 Å². The van der Waals surface area contributed by atoms with Gasteiger partial charge in [-0.3, -0.25) is 4.79 Å². The van der Waals surface area contributed by atoms with Crippen molar-refractivity contribution in [2.75, 3.05) is 5.32 Å². The number of rotatable bonds is 2. The topological polar surface area (TPSA) is 52.9 Å². The van der Waals surface area contributed by atoms with Crippen molar-refractivity contribution in [1.82, 2.24) is 0 Å². The molecule has 3 heteroatoms. The van der Waals surface area contributed by atoms with Crippen LogP contribution in [0.25, 0.3) is 0 Å². The molecule has 0 saturated carbocycles. The van der Waals surface area contributed by atoms with Gasteiger partial charge in [-0.1, -0.05) is 32.0 Å². The first-order valence-corrected chi connectivity index (χ1v) is 6.42. The second kappa shape index (κ2) is 4.89. The summed E-state index contributed by atoms with van der Waals surface area (Å²) in [6.07, 6.45) is 1.16. The van der Waals surface area contributed by atoms with Crippen LogP contribution in [0.2, 0.25) is 0 Å². The number of allylic oxidation sites excluding steroid dienone is 2. The number of benzene rings is 1.